The highest BCUT2D eigenvalue weighted by Gasteiger charge is 2.25. The highest BCUT2D eigenvalue weighted by atomic mass is 16.5. The average Bonchev–Trinajstić information content (AvgIpc) is 2.46. The Hall–Kier alpha value is -1.06. The summed E-state index contributed by atoms with van der Waals surface area (Å²) >= 11 is 0. The lowest BCUT2D eigenvalue weighted by Crippen LogP contribution is -2.36. The van der Waals surface area contributed by atoms with Gasteiger partial charge in [-0.15, -0.1) is 0 Å². The van der Waals surface area contributed by atoms with Crippen LogP contribution in [0.25, 0.3) is 0 Å². The molecule has 2 unspecified atom stereocenters. The van der Waals surface area contributed by atoms with Crippen LogP contribution in [0.4, 0.5) is 5.69 Å². The number of para-hydroxylation sites is 1. The summed E-state index contributed by atoms with van der Waals surface area (Å²) in [6.07, 6.45) is 3.52. The van der Waals surface area contributed by atoms with Crippen molar-refractivity contribution >= 4 is 5.69 Å². The van der Waals surface area contributed by atoms with Crippen molar-refractivity contribution in [2.75, 3.05) is 25.6 Å². The summed E-state index contributed by atoms with van der Waals surface area (Å²) in [5.74, 6) is 0.586. The van der Waals surface area contributed by atoms with Crippen molar-refractivity contribution in [3.63, 3.8) is 0 Å². The summed E-state index contributed by atoms with van der Waals surface area (Å²) in [5.41, 5.74) is 2.58. The van der Waals surface area contributed by atoms with Crippen molar-refractivity contribution in [2.45, 2.75) is 45.3 Å². The maximum atomic E-state index is 5.84. The van der Waals surface area contributed by atoms with E-state index in [9.17, 15) is 0 Å². The maximum Gasteiger partial charge on any atom is 0.0617 e. The molecule has 112 valence electrons. The van der Waals surface area contributed by atoms with E-state index >= 15 is 0 Å². The Morgan fingerprint density at radius 1 is 1.35 bits per heavy atom. The second-order valence-electron chi connectivity index (χ2n) is 5.92. The smallest absolute Gasteiger partial charge is 0.0617 e. The van der Waals surface area contributed by atoms with Crippen molar-refractivity contribution in [1.29, 1.82) is 0 Å². The molecule has 3 heteroatoms. The van der Waals surface area contributed by atoms with Gasteiger partial charge in [-0.25, -0.2) is 0 Å². The summed E-state index contributed by atoms with van der Waals surface area (Å²) in [7, 11) is 1.75. The van der Waals surface area contributed by atoms with E-state index in [1.165, 1.54) is 11.3 Å². The van der Waals surface area contributed by atoms with Gasteiger partial charge in [0.1, 0.15) is 0 Å². The topological polar surface area (TPSA) is 30.5 Å². The van der Waals surface area contributed by atoms with Gasteiger partial charge in [-0.05, 0) is 36.8 Å². The van der Waals surface area contributed by atoms with Crippen LogP contribution in [0.2, 0.25) is 0 Å². The molecule has 0 aromatic heterocycles. The molecule has 0 amide bonds. The van der Waals surface area contributed by atoms with E-state index in [2.05, 4.69) is 43.4 Å². The first-order valence-electron chi connectivity index (χ1n) is 7.65. The summed E-state index contributed by atoms with van der Waals surface area (Å²) in [6.45, 7) is 6.10. The van der Waals surface area contributed by atoms with Gasteiger partial charge in [-0.1, -0.05) is 32.0 Å². The van der Waals surface area contributed by atoms with Gasteiger partial charge >= 0.3 is 0 Å². The zero-order chi connectivity index (χ0) is 14.4. The lowest BCUT2D eigenvalue weighted by Gasteiger charge is -2.33. The number of benzene rings is 1. The van der Waals surface area contributed by atoms with Crippen molar-refractivity contribution in [3.05, 3.63) is 29.8 Å². The van der Waals surface area contributed by atoms with E-state index < -0.39 is 0 Å². The molecular weight excluding hydrogens is 250 g/mol. The molecule has 0 bridgehead atoms. The minimum absolute atomic E-state index is 0.382. The van der Waals surface area contributed by atoms with Gasteiger partial charge in [-0.3, -0.25) is 0 Å². The van der Waals surface area contributed by atoms with Crippen LogP contribution in [0.5, 0.6) is 0 Å². The Kier molecular flexibility index (Phi) is 5.86. The van der Waals surface area contributed by atoms with Crippen molar-refractivity contribution in [1.82, 2.24) is 0 Å². The fourth-order valence-electron chi connectivity index (χ4n) is 2.73. The highest BCUT2D eigenvalue weighted by molar-refractivity contribution is 5.52. The normalized spacial score (nSPS) is 23.0. The summed E-state index contributed by atoms with van der Waals surface area (Å²) < 4.78 is 11.0. The van der Waals surface area contributed by atoms with E-state index in [0.29, 0.717) is 18.1 Å². The Morgan fingerprint density at radius 2 is 2.15 bits per heavy atom. The third-order valence-electron chi connectivity index (χ3n) is 4.01. The van der Waals surface area contributed by atoms with Crippen LogP contribution in [0.1, 0.15) is 32.3 Å². The first-order chi connectivity index (χ1) is 9.70. The predicted molar refractivity (Wildman–Crippen MR) is 83.2 cm³/mol. The molecule has 1 heterocycles. The standard InChI is InChI=1S/C17H27NO2/c1-13(2)17-12-15(9-11-20-17)18-16-7-5-4-6-14(16)8-10-19-3/h4-7,13,15,17-18H,8-12H2,1-3H3. The van der Waals surface area contributed by atoms with Crippen molar-refractivity contribution < 1.29 is 9.47 Å². The molecule has 3 nitrogen and oxygen atoms in total. The molecule has 1 aliphatic rings. The lowest BCUT2D eigenvalue weighted by atomic mass is 9.95. The molecule has 0 aliphatic carbocycles. The van der Waals surface area contributed by atoms with Crippen LogP contribution in [0, 0.1) is 5.92 Å². The minimum Gasteiger partial charge on any atom is -0.384 e. The Morgan fingerprint density at radius 3 is 2.90 bits per heavy atom. The molecule has 0 spiro atoms. The number of hydrogen-bond acceptors (Lipinski definition) is 3. The first kappa shape index (κ1) is 15.3. The first-order valence-corrected chi connectivity index (χ1v) is 7.65. The summed E-state index contributed by atoms with van der Waals surface area (Å²) in [5, 5.41) is 3.71. The van der Waals surface area contributed by atoms with E-state index in [1.54, 1.807) is 7.11 Å². The number of hydrogen-bond donors (Lipinski definition) is 1. The number of anilines is 1. The molecule has 0 saturated carbocycles. The molecule has 1 N–H and O–H groups in total. The zero-order valence-corrected chi connectivity index (χ0v) is 12.9. The largest absolute Gasteiger partial charge is 0.384 e. The van der Waals surface area contributed by atoms with Crippen LogP contribution in [0.3, 0.4) is 0 Å². The Bertz CT molecular complexity index is 406. The molecule has 1 aromatic rings. The minimum atomic E-state index is 0.382. The molecule has 1 fully saturated rings. The fraction of sp³-hybridized carbons (Fsp3) is 0.647. The number of nitrogens with one attached hydrogen (secondary N) is 1. The average molecular weight is 277 g/mol. The second-order valence-corrected chi connectivity index (χ2v) is 5.92. The number of methoxy groups -OCH3 is 1. The molecule has 0 radical (unpaired) electrons. The maximum absolute atomic E-state index is 5.84. The molecule has 1 aromatic carbocycles. The van der Waals surface area contributed by atoms with Crippen LogP contribution < -0.4 is 5.32 Å². The third kappa shape index (κ3) is 4.22. The molecule has 20 heavy (non-hydrogen) atoms. The van der Waals surface area contributed by atoms with Gasteiger partial charge in [-0.2, -0.15) is 0 Å². The monoisotopic (exact) mass is 277 g/mol. The fourth-order valence-corrected chi connectivity index (χ4v) is 2.73. The Balaban J connectivity index is 1.98. The number of ether oxygens (including phenoxy) is 2. The molecule has 2 atom stereocenters. The third-order valence-corrected chi connectivity index (χ3v) is 4.01. The van der Waals surface area contributed by atoms with E-state index in [4.69, 9.17) is 9.47 Å². The lowest BCUT2D eigenvalue weighted by molar-refractivity contribution is -0.0160. The van der Waals surface area contributed by atoms with Gasteiger partial charge in [0.2, 0.25) is 0 Å². The molecule has 2 rings (SSSR count). The number of rotatable bonds is 6. The predicted octanol–water partition coefficient (Wildman–Crippen LogP) is 3.49. The molecule has 1 aliphatic heterocycles. The second kappa shape index (κ2) is 7.65. The van der Waals surface area contributed by atoms with E-state index in [-0.39, 0.29) is 0 Å². The summed E-state index contributed by atoms with van der Waals surface area (Å²) in [6, 6.07) is 9.06. The van der Waals surface area contributed by atoms with Gasteiger partial charge < -0.3 is 14.8 Å². The van der Waals surface area contributed by atoms with E-state index in [0.717, 1.165) is 32.5 Å². The van der Waals surface area contributed by atoms with Crippen molar-refractivity contribution in [2.24, 2.45) is 5.92 Å². The van der Waals surface area contributed by atoms with Gasteiger partial charge in [0.25, 0.3) is 0 Å². The molecular formula is C17H27NO2. The van der Waals surface area contributed by atoms with Crippen molar-refractivity contribution in [3.8, 4) is 0 Å². The highest BCUT2D eigenvalue weighted by Crippen LogP contribution is 2.25. The molecule has 1 saturated heterocycles. The van der Waals surface area contributed by atoms with Crippen LogP contribution in [0.15, 0.2) is 24.3 Å². The zero-order valence-electron chi connectivity index (χ0n) is 12.9. The van der Waals surface area contributed by atoms with Gasteiger partial charge in [0.15, 0.2) is 0 Å². The summed E-state index contributed by atoms with van der Waals surface area (Å²) in [4.78, 5) is 0. The van der Waals surface area contributed by atoms with Crippen LogP contribution >= 0.6 is 0 Å². The van der Waals surface area contributed by atoms with Gasteiger partial charge in [0, 0.05) is 25.4 Å². The SMILES string of the molecule is COCCc1ccccc1NC1CCOC(C(C)C)C1. The Labute approximate surface area is 122 Å². The van der Waals surface area contributed by atoms with E-state index in [1.807, 2.05) is 0 Å². The van der Waals surface area contributed by atoms with Crippen LogP contribution in [-0.2, 0) is 15.9 Å². The van der Waals surface area contributed by atoms with Gasteiger partial charge in [0.05, 0.1) is 12.7 Å². The van der Waals surface area contributed by atoms with Crippen LogP contribution in [-0.4, -0.2) is 32.5 Å². The quantitative estimate of drug-likeness (QED) is 0.863.